The summed E-state index contributed by atoms with van der Waals surface area (Å²) in [6, 6.07) is 3.03. The largest absolute Gasteiger partial charge is 0.469 e. The minimum Gasteiger partial charge on any atom is -0.469 e. The van der Waals surface area contributed by atoms with Crippen LogP contribution >= 0.6 is 0 Å². The number of anilines is 2. The van der Waals surface area contributed by atoms with Crippen molar-refractivity contribution < 1.29 is 18.0 Å². The van der Waals surface area contributed by atoms with Crippen LogP contribution < -0.4 is 11.1 Å². The van der Waals surface area contributed by atoms with Crippen molar-refractivity contribution in [1.29, 1.82) is 0 Å². The lowest BCUT2D eigenvalue weighted by Crippen LogP contribution is -2.15. The van der Waals surface area contributed by atoms with E-state index in [2.05, 4.69) is 5.32 Å². The Balaban J connectivity index is 2.31. The van der Waals surface area contributed by atoms with Crippen LogP contribution in [0.25, 0.3) is 0 Å². The molecule has 1 aromatic carbocycles. The van der Waals surface area contributed by atoms with Crippen LogP contribution in [0, 0.1) is 18.6 Å². The van der Waals surface area contributed by atoms with E-state index in [9.17, 15) is 13.6 Å². The number of furan rings is 1. The number of nitrogen functional groups attached to an aromatic ring is 1. The molecule has 1 amide bonds. The fourth-order valence-electron chi connectivity index (χ4n) is 1.53. The minimum atomic E-state index is -0.929. The van der Waals surface area contributed by atoms with Gasteiger partial charge in [-0.3, -0.25) is 4.79 Å². The molecule has 0 radical (unpaired) electrons. The molecule has 0 atom stereocenters. The van der Waals surface area contributed by atoms with E-state index in [0.29, 0.717) is 11.8 Å². The molecule has 1 heterocycles. The van der Waals surface area contributed by atoms with Crippen LogP contribution in [0.15, 0.2) is 28.9 Å². The summed E-state index contributed by atoms with van der Waals surface area (Å²) in [5.41, 5.74) is 5.28. The number of carbonyl (C=O) groups is 1. The Hall–Kier alpha value is -2.37. The quantitative estimate of drug-likeness (QED) is 0.807. The number of aryl methyl sites for hydroxylation is 1. The van der Waals surface area contributed by atoms with Gasteiger partial charge in [-0.15, -0.1) is 0 Å². The third-order valence-corrected chi connectivity index (χ3v) is 2.43. The van der Waals surface area contributed by atoms with Gasteiger partial charge in [0.2, 0.25) is 0 Å². The average Bonchev–Trinajstić information content (AvgIpc) is 2.69. The number of nitrogens with two attached hydrogens (primary N) is 1. The molecule has 0 aliphatic heterocycles. The Bertz CT molecular complexity index is 585. The molecule has 0 aliphatic carbocycles. The molecule has 0 unspecified atom stereocenters. The van der Waals surface area contributed by atoms with Crippen molar-refractivity contribution in [3.05, 3.63) is 47.4 Å². The summed E-state index contributed by atoms with van der Waals surface area (Å²) in [4.78, 5) is 11.8. The monoisotopic (exact) mass is 252 g/mol. The molecule has 0 spiro atoms. The van der Waals surface area contributed by atoms with E-state index in [0.717, 1.165) is 6.07 Å². The Morgan fingerprint density at radius 2 is 2.11 bits per heavy atom. The summed E-state index contributed by atoms with van der Waals surface area (Å²) in [6.45, 7) is 1.60. The van der Waals surface area contributed by atoms with Gasteiger partial charge in [0, 0.05) is 6.07 Å². The predicted molar refractivity (Wildman–Crippen MR) is 62.2 cm³/mol. The van der Waals surface area contributed by atoms with Gasteiger partial charge in [-0.25, -0.2) is 8.78 Å². The fraction of sp³-hybridized carbons (Fsp3) is 0.0833. The molecule has 4 nitrogen and oxygen atoms in total. The van der Waals surface area contributed by atoms with E-state index in [-0.39, 0.29) is 16.9 Å². The summed E-state index contributed by atoms with van der Waals surface area (Å²) in [7, 11) is 0. The second kappa shape index (κ2) is 4.48. The highest BCUT2D eigenvalue weighted by Crippen LogP contribution is 2.24. The van der Waals surface area contributed by atoms with E-state index >= 15 is 0 Å². The highest BCUT2D eigenvalue weighted by molar-refractivity contribution is 6.06. The van der Waals surface area contributed by atoms with Gasteiger partial charge in [-0.05, 0) is 19.1 Å². The van der Waals surface area contributed by atoms with Crippen molar-refractivity contribution in [2.45, 2.75) is 6.92 Å². The Morgan fingerprint density at radius 3 is 2.67 bits per heavy atom. The average molecular weight is 252 g/mol. The maximum Gasteiger partial charge on any atom is 0.259 e. The summed E-state index contributed by atoms with van der Waals surface area (Å²) in [6.07, 6.45) is 1.34. The van der Waals surface area contributed by atoms with E-state index in [1.807, 2.05) is 0 Å². The van der Waals surface area contributed by atoms with Gasteiger partial charge in [0.15, 0.2) is 5.82 Å². The zero-order valence-corrected chi connectivity index (χ0v) is 9.46. The van der Waals surface area contributed by atoms with Gasteiger partial charge >= 0.3 is 0 Å². The van der Waals surface area contributed by atoms with Crippen molar-refractivity contribution >= 4 is 17.3 Å². The third kappa shape index (κ3) is 2.17. The molecule has 2 rings (SSSR count). The SMILES string of the molecule is Cc1occc1C(=O)Nc1c(N)cc(F)cc1F. The maximum atomic E-state index is 13.5. The molecular formula is C12H10F2N2O2. The van der Waals surface area contributed by atoms with Crippen molar-refractivity contribution in [2.24, 2.45) is 0 Å². The first-order valence-electron chi connectivity index (χ1n) is 5.09. The van der Waals surface area contributed by atoms with Crippen LogP contribution in [0.3, 0.4) is 0 Å². The number of carbonyl (C=O) groups excluding carboxylic acids is 1. The summed E-state index contributed by atoms with van der Waals surface area (Å²) in [5.74, 6) is -1.91. The molecule has 0 fully saturated rings. The second-order valence-electron chi connectivity index (χ2n) is 3.70. The van der Waals surface area contributed by atoms with Gasteiger partial charge in [0.25, 0.3) is 5.91 Å². The normalized spacial score (nSPS) is 10.4. The number of halogens is 2. The standard InChI is InChI=1S/C12H10F2N2O2/c1-6-8(2-3-18-6)12(17)16-11-9(14)4-7(13)5-10(11)15/h2-5H,15H2,1H3,(H,16,17). The zero-order valence-electron chi connectivity index (χ0n) is 9.46. The lowest BCUT2D eigenvalue weighted by atomic mass is 10.2. The van der Waals surface area contributed by atoms with E-state index in [1.54, 1.807) is 6.92 Å². The molecule has 0 bridgehead atoms. The maximum absolute atomic E-state index is 13.5. The van der Waals surface area contributed by atoms with Crippen LogP contribution in [-0.2, 0) is 0 Å². The van der Waals surface area contributed by atoms with Crippen molar-refractivity contribution in [3.63, 3.8) is 0 Å². The Labute approximate surface area is 101 Å². The van der Waals surface area contributed by atoms with Gasteiger partial charge in [-0.1, -0.05) is 0 Å². The molecule has 0 saturated heterocycles. The smallest absolute Gasteiger partial charge is 0.259 e. The molecular weight excluding hydrogens is 242 g/mol. The van der Waals surface area contributed by atoms with Crippen LogP contribution in [0.5, 0.6) is 0 Å². The number of hydrogen-bond donors (Lipinski definition) is 2. The molecule has 1 aromatic heterocycles. The molecule has 2 aromatic rings. The highest BCUT2D eigenvalue weighted by Gasteiger charge is 2.16. The lowest BCUT2D eigenvalue weighted by Gasteiger charge is -2.08. The first kappa shape index (κ1) is 12.1. The van der Waals surface area contributed by atoms with Gasteiger partial charge in [0.1, 0.15) is 17.3 Å². The topological polar surface area (TPSA) is 68.3 Å². The van der Waals surface area contributed by atoms with Crippen molar-refractivity contribution in [2.75, 3.05) is 11.1 Å². The fourth-order valence-corrected chi connectivity index (χ4v) is 1.53. The third-order valence-electron chi connectivity index (χ3n) is 2.43. The molecule has 3 N–H and O–H groups in total. The van der Waals surface area contributed by atoms with Gasteiger partial charge < -0.3 is 15.5 Å². The summed E-state index contributed by atoms with van der Waals surface area (Å²) >= 11 is 0. The van der Waals surface area contributed by atoms with Crippen molar-refractivity contribution in [3.8, 4) is 0 Å². The molecule has 0 saturated carbocycles. The van der Waals surface area contributed by atoms with Crippen LogP contribution in [-0.4, -0.2) is 5.91 Å². The molecule has 18 heavy (non-hydrogen) atoms. The molecule has 6 heteroatoms. The first-order valence-corrected chi connectivity index (χ1v) is 5.09. The predicted octanol–water partition coefficient (Wildman–Crippen LogP) is 2.70. The van der Waals surface area contributed by atoms with E-state index in [1.165, 1.54) is 12.3 Å². The molecule has 94 valence electrons. The van der Waals surface area contributed by atoms with Gasteiger partial charge in [-0.2, -0.15) is 0 Å². The first-order chi connectivity index (χ1) is 8.49. The lowest BCUT2D eigenvalue weighted by molar-refractivity contribution is 0.102. The number of nitrogens with one attached hydrogen (secondary N) is 1. The van der Waals surface area contributed by atoms with Crippen LogP contribution in [0.1, 0.15) is 16.1 Å². The van der Waals surface area contributed by atoms with Crippen LogP contribution in [0.2, 0.25) is 0 Å². The summed E-state index contributed by atoms with van der Waals surface area (Å²) in [5, 5.41) is 2.28. The Kier molecular flexibility index (Phi) is 3.01. The van der Waals surface area contributed by atoms with Crippen molar-refractivity contribution in [1.82, 2.24) is 0 Å². The number of benzene rings is 1. The van der Waals surface area contributed by atoms with E-state index < -0.39 is 17.5 Å². The van der Waals surface area contributed by atoms with E-state index in [4.69, 9.17) is 10.2 Å². The zero-order chi connectivity index (χ0) is 13.3. The highest BCUT2D eigenvalue weighted by atomic mass is 19.1. The minimum absolute atomic E-state index is 0.179. The van der Waals surface area contributed by atoms with Gasteiger partial charge in [0.05, 0.1) is 17.5 Å². The van der Waals surface area contributed by atoms with Crippen LogP contribution in [0.4, 0.5) is 20.2 Å². The number of hydrogen-bond acceptors (Lipinski definition) is 3. The molecule has 0 aliphatic rings. The summed E-state index contributed by atoms with van der Waals surface area (Å²) < 4.78 is 31.2. The number of amides is 1. The Morgan fingerprint density at radius 1 is 1.39 bits per heavy atom. The number of rotatable bonds is 2. The second-order valence-corrected chi connectivity index (χ2v) is 3.70.